The molecule has 2 saturated carbocycles. The second-order valence-corrected chi connectivity index (χ2v) is 7.15. The summed E-state index contributed by atoms with van der Waals surface area (Å²) in [5, 5.41) is 4.34. The van der Waals surface area contributed by atoms with Gasteiger partial charge in [0.25, 0.3) is 0 Å². The Morgan fingerprint density at radius 1 is 1.13 bits per heavy atom. The summed E-state index contributed by atoms with van der Waals surface area (Å²) in [6.45, 7) is 2.02. The number of rotatable bonds is 3. The summed E-state index contributed by atoms with van der Waals surface area (Å²) in [6, 6.07) is 0.349. The van der Waals surface area contributed by atoms with Gasteiger partial charge in [0.15, 0.2) is 0 Å². The van der Waals surface area contributed by atoms with E-state index in [-0.39, 0.29) is 6.04 Å². The van der Waals surface area contributed by atoms with Gasteiger partial charge in [-0.25, -0.2) is 0 Å². The molecule has 2 atom stereocenters. The maximum atomic E-state index is 12.1. The molecule has 1 aromatic heterocycles. The number of aromatic nitrogens is 2. The molecular weight excluding hydrogens is 309 g/mol. The van der Waals surface area contributed by atoms with Crippen molar-refractivity contribution in [3.8, 4) is 0 Å². The molecule has 1 aliphatic heterocycles. The molecule has 128 valence electrons. The van der Waals surface area contributed by atoms with Gasteiger partial charge in [0, 0.05) is 25.3 Å². The topological polar surface area (TPSA) is 56.3 Å². The van der Waals surface area contributed by atoms with Crippen LogP contribution in [0.3, 0.4) is 0 Å². The molecule has 23 heavy (non-hydrogen) atoms. The summed E-state index contributed by atoms with van der Waals surface area (Å²) in [6.07, 6.45) is 1.40. The Bertz CT molecular complexity index is 555. The van der Waals surface area contributed by atoms with E-state index >= 15 is 0 Å². The van der Waals surface area contributed by atoms with E-state index in [1.54, 1.807) is 4.68 Å². The fourth-order valence-corrected chi connectivity index (χ4v) is 4.29. The second kappa shape index (κ2) is 5.37. The maximum Gasteiger partial charge on any atom is 0.522 e. The Morgan fingerprint density at radius 3 is 2.39 bits per heavy atom. The van der Waals surface area contributed by atoms with E-state index in [1.165, 1.54) is 0 Å². The van der Waals surface area contributed by atoms with Gasteiger partial charge in [0.2, 0.25) is 0 Å². The molecule has 1 saturated heterocycles. The minimum atomic E-state index is -4.54. The number of anilines is 1. The van der Waals surface area contributed by atoms with Crippen molar-refractivity contribution in [2.45, 2.75) is 50.2 Å². The first-order chi connectivity index (χ1) is 10.9. The molecule has 0 radical (unpaired) electrons. The van der Waals surface area contributed by atoms with E-state index in [2.05, 4.69) is 14.7 Å². The number of ether oxygens (including phenoxy) is 1. The average molecular weight is 330 g/mol. The smallest absolute Gasteiger partial charge is 0.368 e. The second-order valence-electron chi connectivity index (χ2n) is 7.15. The van der Waals surface area contributed by atoms with E-state index < -0.39 is 12.5 Å². The summed E-state index contributed by atoms with van der Waals surface area (Å²) in [4.78, 5) is 2.33. The van der Waals surface area contributed by atoms with Crippen LogP contribution in [0.5, 0.6) is 0 Å². The van der Waals surface area contributed by atoms with E-state index in [4.69, 9.17) is 5.73 Å². The molecular formula is C15H21F3N4O. The van der Waals surface area contributed by atoms with E-state index in [1.807, 2.05) is 12.4 Å². The lowest BCUT2D eigenvalue weighted by Gasteiger charge is -2.35. The summed E-state index contributed by atoms with van der Waals surface area (Å²) >= 11 is 0. The molecule has 2 aliphatic carbocycles. The highest BCUT2D eigenvalue weighted by atomic mass is 19.4. The zero-order chi connectivity index (χ0) is 16.2. The van der Waals surface area contributed by atoms with Crippen molar-refractivity contribution in [1.82, 2.24) is 9.78 Å². The third-order valence-electron chi connectivity index (χ3n) is 5.48. The van der Waals surface area contributed by atoms with Crippen LogP contribution < -0.4 is 10.6 Å². The van der Waals surface area contributed by atoms with E-state index in [9.17, 15) is 13.2 Å². The van der Waals surface area contributed by atoms with E-state index in [0.717, 1.165) is 31.6 Å². The third kappa shape index (κ3) is 3.06. The average Bonchev–Trinajstić information content (AvgIpc) is 3.05. The monoisotopic (exact) mass is 330 g/mol. The predicted octanol–water partition coefficient (Wildman–Crippen LogP) is 2.30. The summed E-state index contributed by atoms with van der Waals surface area (Å²) in [5.41, 5.74) is 7.07. The van der Waals surface area contributed by atoms with Gasteiger partial charge in [-0.2, -0.15) is 5.10 Å². The molecule has 2 unspecified atom stereocenters. The largest absolute Gasteiger partial charge is 0.522 e. The molecule has 1 aromatic rings. The van der Waals surface area contributed by atoms with Crippen LogP contribution in [0.1, 0.15) is 31.7 Å². The minimum absolute atomic E-state index is 0.00613. The summed E-state index contributed by atoms with van der Waals surface area (Å²) < 4.78 is 42.2. The number of hydrogen-bond donors (Lipinski definition) is 1. The molecule has 4 rings (SSSR count). The van der Waals surface area contributed by atoms with Gasteiger partial charge >= 0.3 is 6.36 Å². The number of alkyl halides is 3. The first-order valence-electron chi connectivity index (χ1n) is 8.16. The van der Waals surface area contributed by atoms with Crippen molar-refractivity contribution < 1.29 is 17.9 Å². The maximum absolute atomic E-state index is 12.1. The zero-order valence-corrected chi connectivity index (χ0v) is 12.7. The van der Waals surface area contributed by atoms with Crippen LogP contribution in [-0.4, -0.2) is 41.4 Å². The van der Waals surface area contributed by atoms with Crippen LogP contribution in [0.15, 0.2) is 12.4 Å². The first-order valence-corrected chi connectivity index (χ1v) is 8.16. The molecule has 3 fully saturated rings. The fourth-order valence-electron chi connectivity index (χ4n) is 4.29. The molecule has 0 bridgehead atoms. The molecule has 0 aromatic carbocycles. The lowest BCUT2D eigenvalue weighted by molar-refractivity contribution is -0.353. The summed E-state index contributed by atoms with van der Waals surface area (Å²) in [7, 11) is 0. The van der Waals surface area contributed by atoms with Gasteiger partial charge in [0.1, 0.15) is 0 Å². The molecule has 8 heteroatoms. The van der Waals surface area contributed by atoms with Crippen LogP contribution in [0.4, 0.5) is 18.9 Å². The number of nitrogens with two attached hydrogens (primary N) is 1. The fraction of sp³-hybridized carbons (Fsp3) is 0.800. The highest BCUT2D eigenvalue weighted by Gasteiger charge is 2.42. The molecule has 2 N–H and O–H groups in total. The van der Waals surface area contributed by atoms with Crippen molar-refractivity contribution in [1.29, 1.82) is 0 Å². The zero-order valence-electron chi connectivity index (χ0n) is 12.7. The molecule has 2 heterocycles. The Morgan fingerprint density at radius 2 is 1.78 bits per heavy atom. The van der Waals surface area contributed by atoms with Gasteiger partial charge < -0.3 is 10.6 Å². The van der Waals surface area contributed by atoms with Gasteiger partial charge in [-0.3, -0.25) is 9.42 Å². The van der Waals surface area contributed by atoms with Gasteiger partial charge in [-0.05, 0) is 37.5 Å². The number of nitrogens with zero attached hydrogens (tertiary/aromatic N) is 3. The van der Waals surface area contributed by atoms with Crippen LogP contribution in [-0.2, 0) is 4.74 Å². The Hall–Kier alpha value is -1.28. The minimum Gasteiger partial charge on any atom is -0.368 e. The molecule has 5 nitrogen and oxygen atoms in total. The van der Waals surface area contributed by atoms with E-state index in [0.29, 0.717) is 30.7 Å². The first kappa shape index (κ1) is 15.3. The molecule has 0 amide bonds. The van der Waals surface area contributed by atoms with Crippen LogP contribution in [0.25, 0.3) is 0 Å². The highest BCUT2D eigenvalue weighted by Crippen LogP contribution is 2.41. The van der Waals surface area contributed by atoms with Crippen molar-refractivity contribution in [2.75, 3.05) is 18.0 Å². The van der Waals surface area contributed by atoms with Crippen LogP contribution >= 0.6 is 0 Å². The lowest BCUT2D eigenvalue weighted by Crippen LogP contribution is -2.37. The van der Waals surface area contributed by atoms with Gasteiger partial charge in [-0.15, -0.1) is 13.2 Å². The third-order valence-corrected chi connectivity index (χ3v) is 5.48. The molecule has 3 aliphatic rings. The van der Waals surface area contributed by atoms with Crippen molar-refractivity contribution >= 4 is 5.69 Å². The standard InChI is InChI=1S/C15H21F3N4O/c16-15(17,18)23-14-3-12(4-14)22-8-13(5-20-22)21-6-9-1-11(19)2-10(9)7-21/h5,8-12,14H,1-4,6-7,19H2/t9?,10?,11?,12-,14+. The predicted molar refractivity (Wildman–Crippen MR) is 77.8 cm³/mol. The molecule has 0 spiro atoms. The SMILES string of the molecule is NC1CC2CN(c3cnn([C@H]4C[C@@H](OC(F)(F)F)C4)c3)CC2C1. The van der Waals surface area contributed by atoms with Crippen molar-refractivity contribution in [3.63, 3.8) is 0 Å². The lowest BCUT2D eigenvalue weighted by atomic mass is 9.89. The van der Waals surface area contributed by atoms with Crippen LogP contribution in [0, 0.1) is 11.8 Å². The van der Waals surface area contributed by atoms with Crippen molar-refractivity contribution in [2.24, 2.45) is 17.6 Å². The quantitative estimate of drug-likeness (QED) is 0.924. The van der Waals surface area contributed by atoms with Gasteiger partial charge in [0.05, 0.1) is 24.0 Å². The van der Waals surface area contributed by atoms with Crippen molar-refractivity contribution in [3.05, 3.63) is 12.4 Å². The van der Waals surface area contributed by atoms with Crippen LogP contribution in [0.2, 0.25) is 0 Å². The Labute approximate surface area is 132 Å². The highest BCUT2D eigenvalue weighted by molar-refractivity contribution is 5.44. The Kier molecular flexibility index (Phi) is 3.57. The summed E-state index contributed by atoms with van der Waals surface area (Å²) in [5.74, 6) is 1.34. The normalized spacial score (nSPS) is 37.0. The number of hydrogen-bond acceptors (Lipinski definition) is 4. The number of halogens is 3. The number of fused-ring (bicyclic) bond motifs is 1. The van der Waals surface area contributed by atoms with Gasteiger partial charge in [-0.1, -0.05) is 0 Å². The Balaban J connectivity index is 1.33.